The number of aromatic nitrogens is 4. The molecule has 4 N–H and O–H groups in total. The van der Waals surface area contributed by atoms with Gasteiger partial charge in [0, 0.05) is 74.6 Å². The third kappa shape index (κ3) is 31.2. The lowest BCUT2D eigenvalue weighted by Gasteiger charge is -2.27. The van der Waals surface area contributed by atoms with Gasteiger partial charge < -0.3 is 35.3 Å². The first-order valence-corrected chi connectivity index (χ1v) is 28.4. The van der Waals surface area contributed by atoms with Crippen molar-refractivity contribution in [2.75, 3.05) is 21.3 Å². The summed E-state index contributed by atoms with van der Waals surface area (Å²) in [4.78, 5) is 83.0. The molecule has 0 fully saturated rings. The highest BCUT2D eigenvalue weighted by Gasteiger charge is 2.26. The number of nitrogens with two attached hydrogens (primary N) is 1. The Kier molecular flexibility index (Phi) is 31.0. The Hall–Kier alpha value is -9.42. The summed E-state index contributed by atoms with van der Waals surface area (Å²) in [5.41, 5.74) is 5.76. The standard InChI is InChI=1S/C18H19FN2O3.C13H11FN2O.C12H10BrFN2.C10H18O5.C7H5FO.C5H5BrN2/c1-18(2,3)24-17(23)21(11-14-6-4-5-7-15(14)19)16-9-8-13(12-22)10-20-16;14-12-4-2-1-3-11(12)8-16-13-6-5-10(9-17)7-15-13;13-10-5-6-12(16-8-10)15-7-9-3-1-2-4-11(9)14;1-9(2,3)14-7(11)13-8(12)15-10(4,5)6;8-7-4-2-1-3-6(7)5-9;6-4-1-2-5(7)8-3-4/h4-10,12H,11H2,1-3H3;1-7,9H,8H2,(H,15,16);1-6,8H,7H2,(H,15,16);1-6H3;1-5H;1-3H,(H2,7,8). The van der Waals surface area contributed by atoms with Gasteiger partial charge in [-0.05, 0) is 173 Å². The topological polar surface area (TPSA) is 244 Å². The normalized spacial score (nSPS) is 10.4. The maximum absolute atomic E-state index is 13.9. The number of amides is 1. The summed E-state index contributed by atoms with van der Waals surface area (Å²) in [5.74, 6) is 0.830. The summed E-state index contributed by atoms with van der Waals surface area (Å²) in [5, 5.41) is 6.04. The van der Waals surface area contributed by atoms with E-state index in [1.54, 1.807) is 154 Å². The first kappa shape index (κ1) is 73.8. The summed E-state index contributed by atoms with van der Waals surface area (Å²) in [6.07, 6.45) is 5.30. The van der Waals surface area contributed by atoms with Crippen LogP contribution in [0.5, 0.6) is 0 Å². The molecule has 0 aliphatic heterocycles. The number of ether oxygens (including phenoxy) is 4. The van der Waals surface area contributed by atoms with Crippen molar-refractivity contribution in [2.45, 2.75) is 98.8 Å². The molecule has 18 nitrogen and oxygen atoms in total. The summed E-state index contributed by atoms with van der Waals surface area (Å²) < 4.78 is 73.9. The van der Waals surface area contributed by atoms with Gasteiger partial charge in [-0.25, -0.2) is 51.9 Å². The highest BCUT2D eigenvalue weighted by molar-refractivity contribution is 9.10. The Morgan fingerprint density at radius 3 is 1.24 bits per heavy atom. The van der Waals surface area contributed by atoms with Gasteiger partial charge in [0.15, 0.2) is 18.9 Å². The minimum Gasteiger partial charge on any atom is -0.443 e. The number of carbonyl (C=O) groups is 6. The number of nitrogens with zero attached hydrogens (tertiary/aromatic N) is 5. The monoisotopic (exact) mass is 1350 g/mol. The Morgan fingerprint density at radius 2 is 0.888 bits per heavy atom. The van der Waals surface area contributed by atoms with E-state index in [2.05, 4.69) is 67.2 Å². The highest BCUT2D eigenvalue weighted by Crippen LogP contribution is 2.22. The number of pyridine rings is 4. The van der Waals surface area contributed by atoms with Crippen molar-refractivity contribution in [1.82, 2.24) is 19.9 Å². The number of nitrogens with one attached hydrogen (secondary N) is 2. The third-order valence-electron chi connectivity index (χ3n) is 10.3. The molecule has 0 radical (unpaired) electrons. The molecule has 0 aliphatic carbocycles. The number of hydrogen-bond donors (Lipinski definition) is 3. The van der Waals surface area contributed by atoms with Gasteiger partial charge in [0.05, 0.1) is 12.1 Å². The van der Waals surface area contributed by atoms with Gasteiger partial charge in [-0.15, -0.1) is 0 Å². The second-order valence-corrected chi connectivity index (χ2v) is 23.0. The first-order chi connectivity index (χ1) is 42.0. The van der Waals surface area contributed by atoms with E-state index in [4.69, 9.17) is 19.9 Å². The van der Waals surface area contributed by atoms with Gasteiger partial charge in [0.2, 0.25) is 0 Å². The van der Waals surface area contributed by atoms with E-state index < -0.39 is 46.8 Å². The van der Waals surface area contributed by atoms with Gasteiger partial charge in [-0.3, -0.25) is 19.3 Å². The van der Waals surface area contributed by atoms with E-state index >= 15 is 0 Å². The first-order valence-electron chi connectivity index (χ1n) is 26.8. The van der Waals surface area contributed by atoms with E-state index in [-0.39, 0.29) is 29.6 Å². The third-order valence-corrected chi connectivity index (χ3v) is 11.2. The molecular weight excluding hydrogens is 1290 g/mol. The number of anilines is 4. The largest absolute Gasteiger partial charge is 0.519 e. The van der Waals surface area contributed by atoms with Crippen molar-refractivity contribution < 1.29 is 65.3 Å². The van der Waals surface area contributed by atoms with Crippen LogP contribution in [-0.4, -0.2) is 74.0 Å². The maximum atomic E-state index is 13.9. The van der Waals surface area contributed by atoms with Crippen LogP contribution in [0.15, 0.2) is 179 Å². The van der Waals surface area contributed by atoms with Crippen LogP contribution in [0.25, 0.3) is 0 Å². The zero-order chi connectivity index (χ0) is 66.2. The van der Waals surface area contributed by atoms with Crippen molar-refractivity contribution in [1.29, 1.82) is 0 Å². The fourth-order valence-electron chi connectivity index (χ4n) is 6.26. The molecule has 0 unspecified atom stereocenters. The molecule has 470 valence electrons. The van der Waals surface area contributed by atoms with Crippen LogP contribution >= 0.6 is 31.9 Å². The number of carbonyl (C=O) groups excluding carboxylic acids is 6. The van der Waals surface area contributed by atoms with Crippen LogP contribution in [0.4, 0.5) is 55.2 Å². The van der Waals surface area contributed by atoms with Gasteiger partial charge in [-0.2, -0.15) is 0 Å². The Balaban J connectivity index is 0.000000288. The number of aldehydes is 3. The summed E-state index contributed by atoms with van der Waals surface area (Å²) >= 11 is 6.53. The molecule has 1 amide bonds. The van der Waals surface area contributed by atoms with E-state index in [0.29, 0.717) is 65.1 Å². The molecular formula is C65H68Br2F4N8O10. The molecule has 8 rings (SSSR count). The number of halogens is 6. The molecule has 4 aromatic heterocycles. The average molecular weight is 1360 g/mol. The smallest absolute Gasteiger partial charge is 0.443 e. The van der Waals surface area contributed by atoms with Crippen LogP contribution in [-0.2, 0) is 38.6 Å². The zero-order valence-corrected chi connectivity index (χ0v) is 53.4. The molecule has 4 aromatic carbocycles. The van der Waals surface area contributed by atoms with E-state index in [0.717, 1.165) is 21.0 Å². The number of nitrogen functional groups attached to an aromatic ring is 1. The van der Waals surface area contributed by atoms with Crippen molar-refractivity contribution in [3.05, 3.63) is 236 Å². The molecule has 24 heteroatoms. The molecule has 0 aliphatic rings. The SMILES string of the molecule is CC(C)(C)OC(=O)N(Cc1ccccc1F)c1ccc(C=O)cn1.CC(C)(C)OC(=O)OC(=O)OC(C)(C)C.Fc1ccccc1CNc1ccc(Br)cn1.Nc1ccc(Br)cn1.O=Cc1ccc(NCc2ccccc2F)nc1.O=Cc1ccccc1F. The van der Waals surface area contributed by atoms with Gasteiger partial charge in [0.25, 0.3) is 0 Å². The lowest BCUT2D eigenvalue weighted by atomic mass is 10.2. The number of hydrogen-bond acceptors (Lipinski definition) is 17. The summed E-state index contributed by atoms with van der Waals surface area (Å²) in [6.45, 7) is 16.0. The lowest BCUT2D eigenvalue weighted by Crippen LogP contribution is -2.37. The second-order valence-electron chi connectivity index (χ2n) is 21.1. The van der Waals surface area contributed by atoms with Gasteiger partial charge in [-0.1, -0.05) is 66.7 Å². The molecule has 0 bridgehead atoms. The summed E-state index contributed by atoms with van der Waals surface area (Å²) in [7, 11) is 0. The predicted molar refractivity (Wildman–Crippen MR) is 339 cm³/mol. The van der Waals surface area contributed by atoms with Crippen LogP contribution in [0.1, 0.15) is 110 Å². The number of rotatable bonds is 12. The molecule has 89 heavy (non-hydrogen) atoms. The fourth-order valence-corrected chi connectivity index (χ4v) is 6.73. The maximum Gasteiger partial charge on any atom is 0.519 e. The van der Waals surface area contributed by atoms with Crippen LogP contribution in [0, 0.1) is 23.3 Å². The highest BCUT2D eigenvalue weighted by atomic mass is 79.9. The summed E-state index contributed by atoms with van der Waals surface area (Å²) in [6, 6.07) is 39.0. The quantitative estimate of drug-likeness (QED) is 0.0338. The minimum atomic E-state index is -1.06. The molecule has 0 saturated heterocycles. The lowest BCUT2D eigenvalue weighted by molar-refractivity contribution is -0.0294. The molecule has 0 atom stereocenters. The molecule has 0 saturated carbocycles. The van der Waals surface area contributed by atoms with Crippen molar-refractivity contribution in [3.8, 4) is 0 Å². The van der Waals surface area contributed by atoms with Crippen molar-refractivity contribution in [3.63, 3.8) is 0 Å². The number of benzene rings is 4. The molecule has 4 heterocycles. The van der Waals surface area contributed by atoms with E-state index in [1.807, 2.05) is 24.3 Å². The Labute approximate surface area is 530 Å². The van der Waals surface area contributed by atoms with Crippen LogP contribution in [0.2, 0.25) is 0 Å². The fraction of sp³-hybridized carbons (Fsp3) is 0.231. The Bertz CT molecular complexity index is 3450. The van der Waals surface area contributed by atoms with E-state index in [1.165, 1.54) is 59.8 Å². The minimum absolute atomic E-state index is 0.0327. The second kappa shape index (κ2) is 37.3. The van der Waals surface area contributed by atoms with Crippen molar-refractivity contribution in [2.24, 2.45) is 0 Å². The van der Waals surface area contributed by atoms with Gasteiger partial charge >= 0.3 is 18.4 Å². The molecule has 8 aromatic rings. The van der Waals surface area contributed by atoms with Crippen LogP contribution in [0.3, 0.4) is 0 Å². The predicted octanol–water partition coefficient (Wildman–Crippen LogP) is 16.2. The van der Waals surface area contributed by atoms with E-state index in [9.17, 15) is 46.3 Å². The average Bonchev–Trinajstić information content (AvgIpc) is 3.10. The zero-order valence-electron chi connectivity index (χ0n) is 50.2. The van der Waals surface area contributed by atoms with Gasteiger partial charge in [0.1, 0.15) is 63.3 Å². The van der Waals surface area contributed by atoms with Crippen LogP contribution < -0.4 is 21.3 Å². The molecule has 0 spiro atoms. The van der Waals surface area contributed by atoms with Crippen molar-refractivity contribution >= 4 is 92.4 Å². The Morgan fingerprint density at radius 1 is 0.483 bits per heavy atom.